The van der Waals surface area contributed by atoms with Gasteiger partial charge in [0, 0.05) is 32.2 Å². The highest BCUT2D eigenvalue weighted by Gasteiger charge is 2.22. The van der Waals surface area contributed by atoms with E-state index in [1.54, 1.807) is 0 Å². The van der Waals surface area contributed by atoms with Crippen LogP contribution in [0.15, 0.2) is 24.3 Å². The van der Waals surface area contributed by atoms with Gasteiger partial charge < -0.3 is 10.6 Å². The smallest absolute Gasteiger partial charge is 0.315 e. The number of piperidine rings is 1. The van der Waals surface area contributed by atoms with E-state index in [2.05, 4.69) is 46.7 Å². The molecule has 2 amide bonds. The Kier molecular flexibility index (Phi) is 5.55. The molecule has 4 heteroatoms. The van der Waals surface area contributed by atoms with Crippen molar-refractivity contribution in [3.05, 3.63) is 35.4 Å². The van der Waals surface area contributed by atoms with Crippen molar-refractivity contribution in [1.82, 2.24) is 15.5 Å². The number of hydrogen-bond donors (Lipinski definition) is 2. The second-order valence-corrected chi connectivity index (χ2v) is 7.13. The summed E-state index contributed by atoms with van der Waals surface area (Å²) in [7, 11) is 0. The monoisotopic (exact) mass is 315 g/mol. The maximum Gasteiger partial charge on any atom is 0.315 e. The first-order valence-electron chi connectivity index (χ1n) is 9.02. The van der Waals surface area contributed by atoms with E-state index in [9.17, 15) is 4.79 Å². The highest BCUT2D eigenvalue weighted by atomic mass is 16.2. The second-order valence-electron chi connectivity index (χ2n) is 7.13. The van der Waals surface area contributed by atoms with E-state index < -0.39 is 0 Å². The highest BCUT2D eigenvalue weighted by molar-refractivity contribution is 5.74. The maximum atomic E-state index is 11.9. The van der Waals surface area contributed by atoms with Gasteiger partial charge in [0.05, 0.1) is 0 Å². The number of carbonyl (C=O) groups excluding carboxylic acids is 1. The lowest BCUT2D eigenvalue weighted by Crippen LogP contribution is -2.48. The molecule has 0 bridgehead atoms. The molecule has 1 saturated heterocycles. The molecule has 1 saturated carbocycles. The van der Waals surface area contributed by atoms with Crippen molar-refractivity contribution < 1.29 is 4.79 Å². The van der Waals surface area contributed by atoms with Crippen LogP contribution >= 0.6 is 0 Å². The molecule has 1 aromatic rings. The van der Waals surface area contributed by atoms with Crippen LogP contribution in [-0.2, 0) is 6.54 Å². The maximum absolute atomic E-state index is 11.9. The number of urea groups is 1. The Morgan fingerprint density at radius 3 is 2.57 bits per heavy atom. The second kappa shape index (κ2) is 7.82. The lowest BCUT2D eigenvalue weighted by Gasteiger charge is -2.33. The third-order valence-corrected chi connectivity index (χ3v) is 5.35. The van der Waals surface area contributed by atoms with Crippen molar-refractivity contribution in [2.75, 3.05) is 19.6 Å². The molecular weight excluding hydrogens is 286 g/mol. The van der Waals surface area contributed by atoms with Crippen molar-refractivity contribution in [3.8, 4) is 0 Å². The molecule has 0 spiro atoms. The van der Waals surface area contributed by atoms with E-state index in [4.69, 9.17) is 0 Å². The molecule has 0 unspecified atom stereocenters. The molecule has 3 rings (SSSR count). The number of hydrogen-bond acceptors (Lipinski definition) is 2. The molecule has 0 atom stereocenters. The number of nitrogens with zero attached hydrogens (tertiary/aromatic N) is 1. The largest absolute Gasteiger partial charge is 0.338 e. The summed E-state index contributed by atoms with van der Waals surface area (Å²) < 4.78 is 0. The molecule has 1 aliphatic carbocycles. The minimum atomic E-state index is 0.0225. The molecule has 126 valence electrons. The standard InChI is InChI=1S/C19H29N3O/c1-15-5-2-3-8-17(15)14-22-11-9-18(10-12-22)21-19(23)20-13-16-6-4-7-16/h2-3,5,8,16,18H,4,6-7,9-14H2,1H3,(H2,20,21,23). The van der Waals surface area contributed by atoms with Gasteiger partial charge in [-0.15, -0.1) is 0 Å². The Morgan fingerprint density at radius 2 is 1.91 bits per heavy atom. The van der Waals surface area contributed by atoms with E-state index in [0.29, 0.717) is 6.04 Å². The summed E-state index contributed by atoms with van der Waals surface area (Å²) in [6.45, 7) is 6.16. The van der Waals surface area contributed by atoms with Crippen molar-refractivity contribution >= 4 is 6.03 Å². The van der Waals surface area contributed by atoms with Crippen LogP contribution in [0.2, 0.25) is 0 Å². The molecule has 0 aromatic heterocycles. The highest BCUT2D eigenvalue weighted by Crippen LogP contribution is 2.25. The van der Waals surface area contributed by atoms with Gasteiger partial charge in [-0.2, -0.15) is 0 Å². The SMILES string of the molecule is Cc1ccccc1CN1CCC(NC(=O)NCC2CCC2)CC1. The third kappa shape index (κ3) is 4.71. The van der Waals surface area contributed by atoms with Crippen LogP contribution in [0.3, 0.4) is 0 Å². The lowest BCUT2D eigenvalue weighted by molar-refractivity contribution is 0.185. The average molecular weight is 315 g/mol. The zero-order valence-electron chi connectivity index (χ0n) is 14.2. The fourth-order valence-corrected chi connectivity index (χ4v) is 3.43. The van der Waals surface area contributed by atoms with Crippen LogP contribution in [0.1, 0.15) is 43.2 Å². The zero-order chi connectivity index (χ0) is 16.1. The van der Waals surface area contributed by atoms with Gasteiger partial charge >= 0.3 is 6.03 Å². The van der Waals surface area contributed by atoms with E-state index >= 15 is 0 Å². The Labute approximate surface area is 139 Å². The predicted octanol–water partition coefficient (Wildman–Crippen LogP) is 3.06. The van der Waals surface area contributed by atoms with E-state index in [0.717, 1.165) is 44.9 Å². The molecule has 23 heavy (non-hydrogen) atoms. The van der Waals surface area contributed by atoms with Crippen LogP contribution < -0.4 is 10.6 Å². The summed E-state index contributed by atoms with van der Waals surface area (Å²) >= 11 is 0. The Hall–Kier alpha value is -1.55. The summed E-state index contributed by atoms with van der Waals surface area (Å²) in [6, 6.07) is 8.95. The van der Waals surface area contributed by atoms with Gasteiger partial charge in [-0.25, -0.2) is 4.79 Å². The summed E-state index contributed by atoms with van der Waals surface area (Å²) in [4.78, 5) is 14.4. The number of rotatable bonds is 5. The van der Waals surface area contributed by atoms with E-state index in [1.807, 2.05) is 0 Å². The van der Waals surface area contributed by atoms with Gasteiger partial charge in [0.25, 0.3) is 0 Å². The first-order chi connectivity index (χ1) is 11.2. The molecule has 1 aromatic carbocycles. The van der Waals surface area contributed by atoms with Gasteiger partial charge in [0.2, 0.25) is 0 Å². The first-order valence-corrected chi connectivity index (χ1v) is 9.02. The van der Waals surface area contributed by atoms with Crippen LogP contribution in [0.5, 0.6) is 0 Å². The fourth-order valence-electron chi connectivity index (χ4n) is 3.43. The van der Waals surface area contributed by atoms with E-state index in [-0.39, 0.29) is 6.03 Å². The van der Waals surface area contributed by atoms with Gasteiger partial charge in [0.15, 0.2) is 0 Å². The minimum Gasteiger partial charge on any atom is -0.338 e. The molecule has 2 aliphatic rings. The fraction of sp³-hybridized carbons (Fsp3) is 0.632. The number of nitrogens with one attached hydrogen (secondary N) is 2. The van der Waals surface area contributed by atoms with Crippen LogP contribution in [0.25, 0.3) is 0 Å². The lowest BCUT2D eigenvalue weighted by atomic mass is 9.85. The minimum absolute atomic E-state index is 0.0225. The third-order valence-electron chi connectivity index (χ3n) is 5.35. The number of carbonyl (C=O) groups is 1. The van der Waals surface area contributed by atoms with Crippen molar-refractivity contribution in [1.29, 1.82) is 0 Å². The molecular formula is C19H29N3O. The summed E-state index contributed by atoms with van der Waals surface area (Å²) in [5.74, 6) is 0.719. The molecule has 0 radical (unpaired) electrons. The van der Waals surface area contributed by atoms with Crippen molar-refractivity contribution in [2.45, 2.75) is 51.6 Å². The zero-order valence-corrected chi connectivity index (χ0v) is 14.2. The van der Waals surface area contributed by atoms with Crippen LogP contribution in [0, 0.1) is 12.8 Å². The van der Waals surface area contributed by atoms with Crippen molar-refractivity contribution in [3.63, 3.8) is 0 Å². The van der Waals surface area contributed by atoms with Gasteiger partial charge in [-0.1, -0.05) is 30.7 Å². The number of aryl methyl sites for hydroxylation is 1. The number of likely N-dealkylation sites (tertiary alicyclic amines) is 1. The molecule has 1 aliphatic heterocycles. The van der Waals surface area contributed by atoms with E-state index in [1.165, 1.54) is 30.4 Å². The molecule has 2 fully saturated rings. The normalized spacial score (nSPS) is 20.0. The predicted molar refractivity (Wildman–Crippen MR) is 93.4 cm³/mol. The molecule has 4 nitrogen and oxygen atoms in total. The van der Waals surface area contributed by atoms with Crippen LogP contribution in [-0.4, -0.2) is 36.6 Å². The van der Waals surface area contributed by atoms with Crippen molar-refractivity contribution in [2.24, 2.45) is 5.92 Å². The topological polar surface area (TPSA) is 44.4 Å². The quantitative estimate of drug-likeness (QED) is 0.877. The van der Waals surface area contributed by atoms with Gasteiger partial charge in [-0.05, 0) is 49.7 Å². The first kappa shape index (κ1) is 16.3. The van der Waals surface area contributed by atoms with Crippen LogP contribution in [0.4, 0.5) is 4.79 Å². The number of amides is 2. The number of benzene rings is 1. The average Bonchev–Trinajstić information content (AvgIpc) is 2.50. The van der Waals surface area contributed by atoms with Gasteiger partial charge in [0.1, 0.15) is 0 Å². The summed E-state index contributed by atoms with van der Waals surface area (Å²) in [6.07, 6.45) is 5.97. The molecule has 2 N–H and O–H groups in total. The Morgan fingerprint density at radius 1 is 1.17 bits per heavy atom. The Balaban J connectivity index is 1.36. The van der Waals surface area contributed by atoms with Gasteiger partial charge in [-0.3, -0.25) is 4.90 Å². The Bertz CT molecular complexity index is 519. The summed E-state index contributed by atoms with van der Waals surface area (Å²) in [5.41, 5.74) is 2.78. The summed E-state index contributed by atoms with van der Waals surface area (Å²) in [5, 5.41) is 6.17. The molecule has 1 heterocycles.